The SMILES string of the molecule is COc1ccc(CNC(NC(=O)CN2C(=O)c3ccccc3S2(=O)=O)C(Cl)(Cl)Cl)cc1. The highest BCUT2D eigenvalue weighted by Crippen LogP contribution is 2.31. The van der Waals surface area contributed by atoms with Crippen LogP contribution < -0.4 is 15.4 Å². The highest BCUT2D eigenvalue weighted by molar-refractivity contribution is 7.90. The van der Waals surface area contributed by atoms with Crippen molar-refractivity contribution in [2.45, 2.75) is 21.4 Å². The Kier molecular flexibility index (Phi) is 7.02. The molecule has 0 bridgehead atoms. The summed E-state index contributed by atoms with van der Waals surface area (Å²) >= 11 is 17.9. The van der Waals surface area contributed by atoms with Gasteiger partial charge in [0, 0.05) is 6.54 Å². The first-order chi connectivity index (χ1) is 14.5. The molecule has 12 heteroatoms. The largest absolute Gasteiger partial charge is 0.497 e. The third-order valence-electron chi connectivity index (χ3n) is 4.50. The van der Waals surface area contributed by atoms with Crippen molar-refractivity contribution in [3.05, 3.63) is 59.7 Å². The maximum atomic E-state index is 12.6. The van der Waals surface area contributed by atoms with Crippen LogP contribution in [0.25, 0.3) is 0 Å². The Bertz CT molecular complexity index is 1090. The maximum Gasteiger partial charge on any atom is 0.269 e. The molecule has 0 fully saturated rings. The molecule has 0 radical (unpaired) electrons. The Labute approximate surface area is 194 Å². The quantitative estimate of drug-likeness (QED) is 0.441. The second-order valence-electron chi connectivity index (χ2n) is 6.58. The van der Waals surface area contributed by atoms with Crippen molar-refractivity contribution < 1.29 is 22.7 Å². The number of amides is 2. The molecule has 2 aromatic carbocycles. The van der Waals surface area contributed by atoms with Crippen molar-refractivity contribution in [1.29, 1.82) is 0 Å². The molecule has 1 atom stereocenters. The molecule has 0 aliphatic carbocycles. The first kappa shape index (κ1) is 23.6. The van der Waals surface area contributed by atoms with Gasteiger partial charge >= 0.3 is 0 Å². The molecular formula is C19H18Cl3N3O5S. The Balaban J connectivity index is 1.68. The first-order valence-electron chi connectivity index (χ1n) is 8.92. The summed E-state index contributed by atoms with van der Waals surface area (Å²) in [6.45, 7) is -0.521. The molecule has 0 saturated heterocycles. The minimum absolute atomic E-state index is 0.00542. The zero-order valence-electron chi connectivity index (χ0n) is 16.1. The van der Waals surface area contributed by atoms with Gasteiger partial charge in [-0.05, 0) is 29.8 Å². The van der Waals surface area contributed by atoms with Gasteiger partial charge in [0.05, 0.1) is 12.7 Å². The number of sulfonamides is 1. The van der Waals surface area contributed by atoms with E-state index in [4.69, 9.17) is 39.5 Å². The number of hydrogen-bond donors (Lipinski definition) is 2. The van der Waals surface area contributed by atoms with Crippen LogP contribution in [0.1, 0.15) is 15.9 Å². The number of fused-ring (bicyclic) bond motifs is 1. The van der Waals surface area contributed by atoms with Crippen LogP contribution in [0.2, 0.25) is 0 Å². The number of halogens is 3. The average Bonchev–Trinajstić information content (AvgIpc) is 2.91. The van der Waals surface area contributed by atoms with Gasteiger partial charge in [-0.2, -0.15) is 0 Å². The van der Waals surface area contributed by atoms with Crippen LogP contribution in [0.3, 0.4) is 0 Å². The van der Waals surface area contributed by atoms with E-state index in [1.54, 1.807) is 31.4 Å². The summed E-state index contributed by atoms with van der Waals surface area (Å²) < 4.78 is 28.8. The van der Waals surface area contributed by atoms with E-state index in [2.05, 4.69) is 10.6 Å². The topological polar surface area (TPSA) is 105 Å². The predicted molar refractivity (Wildman–Crippen MR) is 117 cm³/mol. The number of carbonyl (C=O) groups excluding carboxylic acids is 2. The molecular weight excluding hydrogens is 489 g/mol. The standard InChI is InChI=1S/C19H18Cl3N3O5S/c1-30-13-8-6-12(7-9-13)10-23-18(19(20,21)22)24-16(26)11-25-17(27)14-4-2-3-5-15(14)31(25,28)29/h2-9,18,23H,10-11H2,1H3,(H,24,26). The van der Waals surface area contributed by atoms with E-state index in [9.17, 15) is 18.0 Å². The second-order valence-corrected chi connectivity index (χ2v) is 10.8. The fourth-order valence-corrected chi connectivity index (χ4v) is 4.86. The fraction of sp³-hybridized carbons (Fsp3) is 0.263. The van der Waals surface area contributed by atoms with E-state index in [-0.39, 0.29) is 17.0 Å². The zero-order valence-corrected chi connectivity index (χ0v) is 19.2. The van der Waals surface area contributed by atoms with E-state index >= 15 is 0 Å². The van der Waals surface area contributed by atoms with Crippen molar-refractivity contribution in [2.24, 2.45) is 0 Å². The summed E-state index contributed by atoms with van der Waals surface area (Å²) in [5.74, 6) is -0.932. The second kappa shape index (κ2) is 9.22. The minimum atomic E-state index is -4.13. The number of rotatable bonds is 7. The molecule has 1 aliphatic rings. The number of methoxy groups -OCH3 is 1. The summed E-state index contributed by atoms with van der Waals surface area (Å²) in [5, 5.41) is 5.33. The molecule has 1 heterocycles. The number of hydrogen-bond acceptors (Lipinski definition) is 6. The molecule has 166 valence electrons. The summed E-state index contributed by atoms with van der Waals surface area (Å²) in [5.41, 5.74) is 0.827. The van der Waals surface area contributed by atoms with Gasteiger partial charge in [0.1, 0.15) is 23.4 Å². The predicted octanol–water partition coefficient (Wildman–Crippen LogP) is 2.44. The maximum absolute atomic E-state index is 12.6. The summed E-state index contributed by atoms with van der Waals surface area (Å²) in [6.07, 6.45) is -1.16. The molecule has 2 amide bonds. The lowest BCUT2D eigenvalue weighted by atomic mass is 10.2. The van der Waals surface area contributed by atoms with E-state index in [0.29, 0.717) is 10.1 Å². The van der Waals surface area contributed by atoms with Crippen LogP contribution in [-0.4, -0.2) is 48.2 Å². The molecule has 31 heavy (non-hydrogen) atoms. The highest BCUT2D eigenvalue weighted by Gasteiger charge is 2.42. The lowest BCUT2D eigenvalue weighted by molar-refractivity contribution is -0.121. The number of benzene rings is 2. The third-order valence-corrected chi connectivity index (χ3v) is 6.94. The van der Waals surface area contributed by atoms with Gasteiger partial charge in [-0.25, -0.2) is 12.7 Å². The monoisotopic (exact) mass is 505 g/mol. The smallest absolute Gasteiger partial charge is 0.269 e. The van der Waals surface area contributed by atoms with Gasteiger partial charge < -0.3 is 10.1 Å². The van der Waals surface area contributed by atoms with Crippen molar-refractivity contribution in [2.75, 3.05) is 13.7 Å². The normalized spacial score (nSPS) is 16.0. The van der Waals surface area contributed by atoms with Crippen molar-refractivity contribution in [1.82, 2.24) is 14.9 Å². The van der Waals surface area contributed by atoms with Gasteiger partial charge in [-0.1, -0.05) is 59.1 Å². The molecule has 3 rings (SSSR count). The lowest BCUT2D eigenvalue weighted by Crippen LogP contribution is -2.55. The van der Waals surface area contributed by atoms with E-state index in [0.717, 1.165) is 5.56 Å². The molecule has 1 aliphatic heterocycles. The van der Waals surface area contributed by atoms with Gasteiger partial charge in [0.2, 0.25) is 9.70 Å². The van der Waals surface area contributed by atoms with Gasteiger partial charge in [-0.15, -0.1) is 0 Å². The summed E-state index contributed by atoms with van der Waals surface area (Å²) in [4.78, 5) is 24.8. The lowest BCUT2D eigenvalue weighted by Gasteiger charge is -2.27. The number of alkyl halides is 3. The number of carbonyl (C=O) groups is 2. The van der Waals surface area contributed by atoms with Gasteiger partial charge in [0.15, 0.2) is 0 Å². The van der Waals surface area contributed by atoms with Crippen LogP contribution in [0.4, 0.5) is 0 Å². The van der Waals surface area contributed by atoms with Gasteiger partial charge in [0.25, 0.3) is 15.9 Å². The van der Waals surface area contributed by atoms with Crippen LogP contribution >= 0.6 is 34.8 Å². The Morgan fingerprint density at radius 2 is 1.77 bits per heavy atom. The first-order valence-corrected chi connectivity index (χ1v) is 11.5. The van der Waals surface area contributed by atoms with Crippen LogP contribution in [0.5, 0.6) is 5.75 Å². The van der Waals surface area contributed by atoms with Crippen molar-refractivity contribution >= 4 is 56.6 Å². The third kappa shape index (κ3) is 5.24. The highest BCUT2D eigenvalue weighted by atomic mass is 35.6. The molecule has 2 N–H and O–H groups in total. The number of nitrogens with zero attached hydrogens (tertiary/aromatic N) is 1. The Morgan fingerprint density at radius 3 is 2.35 bits per heavy atom. The summed E-state index contributed by atoms with van der Waals surface area (Å²) in [6, 6.07) is 12.8. The van der Waals surface area contributed by atoms with Crippen LogP contribution in [0.15, 0.2) is 53.4 Å². The van der Waals surface area contributed by atoms with Gasteiger partial charge in [-0.3, -0.25) is 14.9 Å². The van der Waals surface area contributed by atoms with Crippen molar-refractivity contribution in [3.63, 3.8) is 0 Å². The molecule has 8 nitrogen and oxygen atoms in total. The van der Waals surface area contributed by atoms with E-state index in [1.165, 1.54) is 24.3 Å². The average molecular weight is 507 g/mol. The minimum Gasteiger partial charge on any atom is -0.497 e. The Morgan fingerprint density at radius 1 is 1.13 bits per heavy atom. The fourth-order valence-electron chi connectivity index (χ4n) is 2.94. The van der Waals surface area contributed by atoms with Crippen LogP contribution in [0, 0.1) is 0 Å². The number of ether oxygens (including phenoxy) is 1. The zero-order chi connectivity index (χ0) is 22.8. The molecule has 0 saturated carbocycles. The van der Waals surface area contributed by atoms with Crippen molar-refractivity contribution in [3.8, 4) is 5.75 Å². The molecule has 0 aromatic heterocycles. The Hall–Kier alpha value is -2.04. The van der Waals surface area contributed by atoms with E-state index in [1.807, 2.05) is 0 Å². The summed E-state index contributed by atoms with van der Waals surface area (Å²) in [7, 11) is -2.58. The molecule has 1 unspecified atom stereocenters. The van der Waals surface area contributed by atoms with E-state index < -0.39 is 38.3 Å². The molecule has 0 spiro atoms. The number of nitrogens with one attached hydrogen (secondary N) is 2. The molecule has 2 aromatic rings. The van der Waals surface area contributed by atoms with Crippen LogP contribution in [-0.2, 0) is 21.4 Å².